The average Bonchev–Trinajstić information content (AvgIpc) is 3.50. The highest BCUT2D eigenvalue weighted by Crippen LogP contribution is 2.44. The fourth-order valence-corrected chi connectivity index (χ4v) is 8.76. The van der Waals surface area contributed by atoms with E-state index in [9.17, 15) is 0 Å². The Kier molecular flexibility index (Phi) is 5.57. The van der Waals surface area contributed by atoms with Gasteiger partial charge >= 0.3 is 0 Å². The molecule has 0 unspecified atom stereocenters. The molecule has 214 valence electrons. The summed E-state index contributed by atoms with van der Waals surface area (Å²) in [4.78, 5) is 4.91. The second-order valence-corrected chi connectivity index (χ2v) is 13.2. The van der Waals surface area contributed by atoms with Gasteiger partial charge in [-0.05, 0) is 94.2 Å². The van der Waals surface area contributed by atoms with E-state index in [2.05, 4.69) is 174 Å². The van der Waals surface area contributed by atoms with E-state index in [1.54, 1.807) is 0 Å². The number of benzene rings is 7. The van der Waals surface area contributed by atoms with Crippen molar-refractivity contribution in [2.45, 2.75) is 0 Å². The molecule has 8 aromatic rings. The molecular formula is C42H27BN2S. The van der Waals surface area contributed by atoms with Crippen molar-refractivity contribution in [3.63, 3.8) is 0 Å². The Morgan fingerprint density at radius 1 is 0.391 bits per heavy atom. The smallest absolute Gasteiger partial charge is 0.252 e. The maximum atomic E-state index is 2.48. The zero-order valence-electron chi connectivity index (χ0n) is 25.0. The summed E-state index contributed by atoms with van der Waals surface area (Å²) in [5.41, 5.74) is 13.7. The molecule has 46 heavy (non-hydrogen) atoms. The lowest BCUT2D eigenvalue weighted by molar-refractivity contribution is 1.25. The van der Waals surface area contributed by atoms with E-state index in [1.165, 1.54) is 76.1 Å². The zero-order chi connectivity index (χ0) is 30.2. The second kappa shape index (κ2) is 9.97. The molecule has 4 heteroatoms. The molecule has 0 amide bonds. The third kappa shape index (κ3) is 3.71. The summed E-state index contributed by atoms with van der Waals surface area (Å²) < 4.78 is 2.67. The van der Waals surface area contributed by atoms with E-state index in [0.29, 0.717) is 0 Å². The van der Waals surface area contributed by atoms with Gasteiger partial charge in [-0.25, -0.2) is 0 Å². The quantitative estimate of drug-likeness (QED) is 0.186. The Bertz CT molecular complexity index is 2450. The Morgan fingerprint density at radius 2 is 0.957 bits per heavy atom. The Balaban J connectivity index is 1.23. The molecule has 0 saturated heterocycles. The summed E-state index contributed by atoms with van der Waals surface area (Å²) in [7, 11) is 0. The van der Waals surface area contributed by atoms with Gasteiger partial charge in [0.2, 0.25) is 0 Å². The first-order chi connectivity index (χ1) is 22.8. The first-order valence-electron chi connectivity index (χ1n) is 15.8. The first-order valence-corrected chi connectivity index (χ1v) is 16.6. The van der Waals surface area contributed by atoms with Crippen molar-refractivity contribution in [2.75, 3.05) is 9.80 Å². The van der Waals surface area contributed by atoms with Gasteiger partial charge in [0.25, 0.3) is 6.71 Å². The number of rotatable bonds is 3. The van der Waals surface area contributed by atoms with Crippen LogP contribution in [-0.4, -0.2) is 6.71 Å². The van der Waals surface area contributed by atoms with Crippen molar-refractivity contribution in [1.82, 2.24) is 0 Å². The second-order valence-electron chi connectivity index (χ2n) is 12.1. The topological polar surface area (TPSA) is 6.48 Å². The third-order valence-electron chi connectivity index (χ3n) is 9.64. The fourth-order valence-electron chi connectivity index (χ4n) is 7.68. The average molecular weight is 603 g/mol. The largest absolute Gasteiger partial charge is 0.311 e. The monoisotopic (exact) mass is 602 g/mol. The van der Waals surface area contributed by atoms with E-state index < -0.39 is 0 Å². The zero-order valence-corrected chi connectivity index (χ0v) is 25.8. The highest BCUT2D eigenvalue weighted by Gasteiger charge is 2.42. The fraction of sp³-hybridized carbons (Fsp3) is 0. The summed E-state index contributed by atoms with van der Waals surface area (Å²) >= 11 is 1.87. The van der Waals surface area contributed by atoms with Crippen LogP contribution < -0.4 is 26.2 Å². The normalized spacial score (nSPS) is 13.1. The van der Waals surface area contributed by atoms with Gasteiger partial charge in [0.1, 0.15) is 0 Å². The van der Waals surface area contributed by atoms with E-state index in [-0.39, 0.29) is 6.71 Å². The highest BCUT2D eigenvalue weighted by atomic mass is 32.1. The Labute approximate surface area is 272 Å². The van der Waals surface area contributed by atoms with Crippen molar-refractivity contribution in [2.24, 2.45) is 0 Å². The van der Waals surface area contributed by atoms with E-state index >= 15 is 0 Å². The van der Waals surface area contributed by atoms with Crippen molar-refractivity contribution in [1.29, 1.82) is 0 Å². The molecule has 0 aliphatic carbocycles. The van der Waals surface area contributed by atoms with Crippen LogP contribution in [0.25, 0.3) is 31.3 Å². The first kappa shape index (κ1) is 25.7. The summed E-state index contributed by atoms with van der Waals surface area (Å²) in [6.45, 7) is 0.120. The number of hydrogen-bond acceptors (Lipinski definition) is 3. The molecule has 0 bridgehead atoms. The van der Waals surface area contributed by atoms with Crippen LogP contribution in [-0.2, 0) is 0 Å². The van der Waals surface area contributed by atoms with Crippen LogP contribution in [0.3, 0.4) is 0 Å². The number of thiophene rings is 1. The van der Waals surface area contributed by atoms with Gasteiger partial charge in [-0.15, -0.1) is 11.3 Å². The molecule has 0 fully saturated rings. The lowest BCUT2D eigenvalue weighted by atomic mass is 9.33. The predicted octanol–water partition coefficient (Wildman–Crippen LogP) is 9.80. The van der Waals surface area contributed by atoms with Gasteiger partial charge in [-0.3, -0.25) is 0 Å². The maximum absolute atomic E-state index is 2.48. The molecule has 10 rings (SSSR count). The van der Waals surface area contributed by atoms with E-state index in [4.69, 9.17) is 0 Å². The Morgan fingerprint density at radius 3 is 1.74 bits per heavy atom. The minimum atomic E-state index is 0.120. The molecule has 0 atom stereocenters. The van der Waals surface area contributed by atoms with Gasteiger partial charge in [0, 0.05) is 54.3 Å². The standard InChI is InChI=1S/C42H27BN2S/c1-3-12-30(13-4-1)44-36-18-9-8-17-34(36)43-35-24-22-29(28-23-25-41-33(26-28)32-16-7-10-21-40(32)46-41)27-39(35)45(31-14-5-2-6-15-31)38-20-11-19-37(44)42(38)43/h1-27H. The van der Waals surface area contributed by atoms with Crippen LogP contribution in [0.15, 0.2) is 164 Å². The molecule has 0 radical (unpaired) electrons. The lowest BCUT2D eigenvalue weighted by Crippen LogP contribution is -2.61. The molecule has 1 aromatic heterocycles. The number of para-hydroxylation sites is 3. The number of hydrogen-bond donors (Lipinski definition) is 0. The van der Waals surface area contributed by atoms with Crippen LogP contribution in [0.4, 0.5) is 34.1 Å². The van der Waals surface area contributed by atoms with Crippen molar-refractivity contribution >= 4 is 88.7 Å². The van der Waals surface area contributed by atoms with Crippen LogP contribution in [0.5, 0.6) is 0 Å². The molecule has 7 aromatic carbocycles. The maximum Gasteiger partial charge on any atom is 0.252 e. The molecular weight excluding hydrogens is 575 g/mol. The summed E-state index contributed by atoms with van der Waals surface area (Å²) in [6, 6.07) is 60.2. The van der Waals surface area contributed by atoms with Crippen LogP contribution in [0.2, 0.25) is 0 Å². The van der Waals surface area contributed by atoms with Crippen LogP contribution >= 0.6 is 11.3 Å². The summed E-state index contributed by atoms with van der Waals surface area (Å²) in [5.74, 6) is 0. The molecule has 0 N–H and O–H groups in total. The molecule has 0 saturated carbocycles. The minimum absolute atomic E-state index is 0.120. The summed E-state index contributed by atoms with van der Waals surface area (Å²) in [6.07, 6.45) is 0. The number of nitrogens with zero attached hydrogens (tertiary/aromatic N) is 2. The molecule has 0 spiro atoms. The molecule has 2 aliphatic heterocycles. The minimum Gasteiger partial charge on any atom is -0.311 e. The van der Waals surface area contributed by atoms with Crippen molar-refractivity contribution in [3.05, 3.63) is 164 Å². The summed E-state index contributed by atoms with van der Waals surface area (Å²) in [5, 5.41) is 2.66. The molecule has 3 heterocycles. The number of fused-ring (bicyclic) bond motifs is 7. The van der Waals surface area contributed by atoms with Gasteiger partial charge in [-0.2, -0.15) is 0 Å². The van der Waals surface area contributed by atoms with Gasteiger partial charge in [0.15, 0.2) is 0 Å². The van der Waals surface area contributed by atoms with E-state index in [1.807, 2.05) is 11.3 Å². The van der Waals surface area contributed by atoms with Gasteiger partial charge < -0.3 is 9.80 Å². The van der Waals surface area contributed by atoms with Gasteiger partial charge in [-0.1, -0.05) is 97.1 Å². The van der Waals surface area contributed by atoms with E-state index in [0.717, 1.165) is 5.69 Å². The van der Waals surface area contributed by atoms with Crippen molar-refractivity contribution in [3.8, 4) is 11.1 Å². The number of anilines is 6. The molecule has 2 aliphatic rings. The van der Waals surface area contributed by atoms with Crippen LogP contribution in [0, 0.1) is 0 Å². The van der Waals surface area contributed by atoms with Crippen LogP contribution in [0.1, 0.15) is 0 Å². The SMILES string of the molecule is c1ccc(N2c3ccccc3B3c4ccc(-c5ccc6sc7ccccc7c6c5)cc4N(c4ccccc4)c4cccc2c43)cc1. The lowest BCUT2D eigenvalue weighted by Gasteiger charge is -2.44. The Hall–Kier alpha value is -5.58. The van der Waals surface area contributed by atoms with Crippen molar-refractivity contribution < 1.29 is 0 Å². The highest BCUT2D eigenvalue weighted by molar-refractivity contribution is 7.25. The van der Waals surface area contributed by atoms with Gasteiger partial charge in [0.05, 0.1) is 0 Å². The third-order valence-corrected chi connectivity index (χ3v) is 10.8. The predicted molar refractivity (Wildman–Crippen MR) is 199 cm³/mol. The molecule has 2 nitrogen and oxygen atoms in total.